The summed E-state index contributed by atoms with van der Waals surface area (Å²) in [4.78, 5) is 32.5. The first-order valence-electron chi connectivity index (χ1n) is 10.1. The molecule has 0 bridgehead atoms. The van der Waals surface area contributed by atoms with Gasteiger partial charge in [-0.1, -0.05) is 30.3 Å². The Morgan fingerprint density at radius 3 is 2.60 bits per heavy atom. The van der Waals surface area contributed by atoms with Crippen LogP contribution in [0.15, 0.2) is 42.7 Å². The van der Waals surface area contributed by atoms with Crippen molar-refractivity contribution < 1.29 is 9.59 Å². The topological polar surface area (TPSA) is 80.1 Å². The number of piperidine rings is 1. The molecular weight excluding hydrogens is 398 g/mol. The molecule has 156 valence electrons. The summed E-state index contributed by atoms with van der Waals surface area (Å²) in [5.74, 6) is 0.331. The lowest BCUT2D eigenvalue weighted by atomic mass is 9.96. The number of nitrogens with zero attached hydrogens (tertiary/aromatic N) is 4. The number of amides is 2. The maximum atomic E-state index is 13.0. The van der Waals surface area contributed by atoms with Gasteiger partial charge in [-0.25, -0.2) is 4.98 Å². The number of hydrogen-bond acceptors (Lipinski definition) is 5. The molecule has 1 fully saturated rings. The molecule has 2 amide bonds. The Balaban J connectivity index is 1.31. The van der Waals surface area contributed by atoms with E-state index in [2.05, 4.69) is 15.4 Å². The molecule has 2 aromatic heterocycles. The van der Waals surface area contributed by atoms with E-state index in [1.807, 2.05) is 42.2 Å². The molecule has 3 heterocycles. The van der Waals surface area contributed by atoms with Crippen molar-refractivity contribution in [1.82, 2.24) is 25.0 Å². The van der Waals surface area contributed by atoms with Gasteiger partial charge in [0.15, 0.2) is 0 Å². The van der Waals surface area contributed by atoms with Crippen molar-refractivity contribution in [3.8, 4) is 10.6 Å². The van der Waals surface area contributed by atoms with Crippen LogP contribution in [-0.2, 0) is 7.05 Å². The first-order valence-corrected chi connectivity index (χ1v) is 10.9. The summed E-state index contributed by atoms with van der Waals surface area (Å²) >= 11 is 1.46. The summed E-state index contributed by atoms with van der Waals surface area (Å²) < 4.78 is 1.61. The molecule has 0 radical (unpaired) electrons. The van der Waals surface area contributed by atoms with Crippen LogP contribution < -0.4 is 5.32 Å². The lowest BCUT2D eigenvalue weighted by molar-refractivity contribution is 0.0688. The van der Waals surface area contributed by atoms with Crippen LogP contribution in [0.25, 0.3) is 10.6 Å². The molecular formula is C22H25N5O2S. The van der Waals surface area contributed by atoms with Crippen LogP contribution >= 0.6 is 11.3 Å². The number of aryl methyl sites for hydroxylation is 2. The first-order chi connectivity index (χ1) is 14.5. The Hall–Kier alpha value is -3.00. The predicted molar refractivity (Wildman–Crippen MR) is 116 cm³/mol. The number of rotatable bonds is 5. The smallest absolute Gasteiger partial charge is 0.265 e. The average molecular weight is 424 g/mol. The number of aromatic nitrogens is 3. The standard InChI is InChI=1S/C22H25N5O2S/c1-15-19(30-21(25-15)17-6-4-3-5-7-17)22(29)27-10-8-16(9-11-27)12-23-20(28)18-13-24-26(2)14-18/h3-7,13-14,16H,8-12H2,1-2H3,(H,23,28). The molecule has 0 spiro atoms. The number of nitrogens with one attached hydrogen (secondary N) is 1. The van der Waals surface area contributed by atoms with E-state index in [9.17, 15) is 9.59 Å². The number of thiazole rings is 1. The van der Waals surface area contributed by atoms with Crippen molar-refractivity contribution in [1.29, 1.82) is 0 Å². The van der Waals surface area contributed by atoms with E-state index in [0.29, 0.717) is 31.1 Å². The largest absolute Gasteiger partial charge is 0.352 e. The van der Waals surface area contributed by atoms with Crippen LogP contribution in [0.4, 0.5) is 0 Å². The van der Waals surface area contributed by atoms with Crippen LogP contribution in [0.3, 0.4) is 0 Å². The molecule has 1 aromatic carbocycles. The summed E-state index contributed by atoms with van der Waals surface area (Å²) in [6, 6.07) is 9.95. The van der Waals surface area contributed by atoms with Gasteiger partial charge in [-0.15, -0.1) is 11.3 Å². The normalized spacial score (nSPS) is 14.7. The first kappa shape index (κ1) is 20.3. The van der Waals surface area contributed by atoms with Crippen LogP contribution in [0.1, 0.15) is 38.6 Å². The van der Waals surface area contributed by atoms with Gasteiger partial charge < -0.3 is 10.2 Å². The maximum absolute atomic E-state index is 13.0. The zero-order valence-electron chi connectivity index (χ0n) is 17.2. The summed E-state index contributed by atoms with van der Waals surface area (Å²) in [6.07, 6.45) is 5.03. The second kappa shape index (κ2) is 8.79. The number of likely N-dealkylation sites (tertiary alicyclic amines) is 1. The Labute approximate surface area is 179 Å². The molecule has 7 nitrogen and oxygen atoms in total. The molecule has 1 aliphatic rings. The Morgan fingerprint density at radius 1 is 1.20 bits per heavy atom. The van der Waals surface area contributed by atoms with E-state index in [-0.39, 0.29) is 11.8 Å². The minimum absolute atomic E-state index is 0.0602. The van der Waals surface area contributed by atoms with E-state index in [1.165, 1.54) is 11.3 Å². The molecule has 1 N–H and O–H groups in total. The summed E-state index contributed by atoms with van der Waals surface area (Å²) in [6.45, 7) is 3.92. The molecule has 1 saturated heterocycles. The predicted octanol–water partition coefficient (Wildman–Crippen LogP) is 3.13. The van der Waals surface area contributed by atoms with Crippen LogP contribution in [0.5, 0.6) is 0 Å². The molecule has 0 atom stereocenters. The fraction of sp³-hybridized carbons (Fsp3) is 0.364. The van der Waals surface area contributed by atoms with Gasteiger partial charge in [0.1, 0.15) is 9.88 Å². The van der Waals surface area contributed by atoms with Crippen LogP contribution in [0.2, 0.25) is 0 Å². The van der Waals surface area contributed by atoms with Crippen molar-refractivity contribution >= 4 is 23.2 Å². The van der Waals surface area contributed by atoms with Gasteiger partial charge in [-0.05, 0) is 25.7 Å². The number of benzene rings is 1. The Morgan fingerprint density at radius 2 is 1.93 bits per heavy atom. The molecule has 8 heteroatoms. The van der Waals surface area contributed by atoms with Gasteiger partial charge in [0.05, 0.1) is 17.5 Å². The van der Waals surface area contributed by atoms with E-state index in [1.54, 1.807) is 24.1 Å². The molecule has 1 aliphatic heterocycles. The minimum Gasteiger partial charge on any atom is -0.352 e. The van der Waals surface area contributed by atoms with Gasteiger partial charge in [-0.2, -0.15) is 5.10 Å². The summed E-state index contributed by atoms with van der Waals surface area (Å²) in [5, 5.41) is 7.89. The fourth-order valence-electron chi connectivity index (χ4n) is 3.66. The van der Waals surface area contributed by atoms with E-state index < -0.39 is 0 Å². The highest BCUT2D eigenvalue weighted by atomic mass is 32.1. The molecule has 0 aliphatic carbocycles. The zero-order valence-corrected chi connectivity index (χ0v) is 18.0. The van der Waals surface area contributed by atoms with E-state index in [4.69, 9.17) is 0 Å². The van der Waals surface area contributed by atoms with Gasteiger partial charge in [0.25, 0.3) is 11.8 Å². The lowest BCUT2D eigenvalue weighted by Crippen LogP contribution is -2.41. The van der Waals surface area contributed by atoms with Gasteiger partial charge in [-0.3, -0.25) is 14.3 Å². The van der Waals surface area contributed by atoms with E-state index >= 15 is 0 Å². The number of hydrogen-bond donors (Lipinski definition) is 1. The number of carbonyl (C=O) groups is 2. The van der Waals surface area contributed by atoms with Crippen molar-refractivity contribution in [2.75, 3.05) is 19.6 Å². The fourth-order valence-corrected chi connectivity index (χ4v) is 4.70. The van der Waals surface area contributed by atoms with Gasteiger partial charge in [0.2, 0.25) is 0 Å². The van der Waals surface area contributed by atoms with Crippen LogP contribution in [0, 0.1) is 12.8 Å². The highest BCUT2D eigenvalue weighted by Crippen LogP contribution is 2.29. The third-order valence-electron chi connectivity index (χ3n) is 5.43. The summed E-state index contributed by atoms with van der Waals surface area (Å²) in [5.41, 5.74) is 2.39. The highest BCUT2D eigenvalue weighted by Gasteiger charge is 2.27. The quantitative estimate of drug-likeness (QED) is 0.684. The third-order valence-corrected chi connectivity index (χ3v) is 6.63. The number of carbonyl (C=O) groups excluding carboxylic acids is 2. The lowest BCUT2D eigenvalue weighted by Gasteiger charge is -2.31. The second-order valence-corrected chi connectivity index (χ2v) is 8.65. The molecule has 3 aromatic rings. The van der Waals surface area contributed by atoms with Crippen molar-refractivity contribution in [2.24, 2.45) is 13.0 Å². The van der Waals surface area contributed by atoms with E-state index in [0.717, 1.165) is 34.0 Å². The van der Waals surface area contributed by atoms with Gasteiger partial charge >= 0.3 is 0 Å². The molecule has 4 rings (SSSR count). The highest BCUT2D eigenvalue weighted by molar-refractivity contribution is 7.17. The monoisotopic (exact) mass is 423 g/mol. The molecule has 0 unspecified atom stereocenters. The van der Waals surface area contributed by atoms with Crippen molar-refractivity contribution in [2.45, 2.75) is 19.8 Å². The maximum Gasteiger partial charge on any atom is 0.265 e. The zero-order chi connectivity index (χ0) is 21.1. The molecule has 0 saturated carbocycles. The average Bonchev–Trinajstić information content (AvgIpc) is 3.38. The van der Waals surface area contributed by atoms with Crippen molar-refractivity contribution in [3.05, 3.63) is 58.9 Å². The van der Waals surface area contributed by atoms with Crippen molar-refractivity contribution in [3.63, 3.8) is 0 Å². The second-order valence-electron chi connectivity index (χ2n) is 7.65. The third kappa shape index (κ3) is 4.43. The SMILES string of the molecule is Cc1nc(-c2ccccc2)sc1C(=O)N1CCC(CNC(=O)c2cnn(C)c2)CC1. The minimum atomic E-state index is -0.102. The molecule has 30 heavy (non-hydrogen) atoms. The van der Waals surface area contributed by atoms with Gasteiger partial charge in [0, 0.05) is 38.4 Å². The van der Waals surface area contributed by atoms with Crippen LogP contribution in [-0.4, -0.2) is 51.1 Å². The Bertz CT molecular complexity index is 1030. The Kier molecular flexibility index (Phi) is 5.94. The summed E-state index contributed by atoms with van der Waals surface area (Å²) in [7, 11) is 1.79.